The Morgan fingerprint density at radius 2 is 1.82 bits per heavy atom. The second kappa shape index (κ2) is 2.68. The molecule has 0 radical (unpaired) electrons. The highest BCUT2D eigenvalue weighted by Gasteiger charge is 2.18. The topological polar surface area (TPSA) is 15.6 Å². The Balaban J connectivity index is 3.01. The van der Waals surface area contributed by atoms with Crippen LogP contribution >= 0.6 is 0 Å². The highest BCUT2D eigenvalue weighted by molar-refractivity contribution is 5.88. The Hall–Kier alpha value is -0.790. The van der Waals surface area contributed by atoms with Crippen LogP contribution in [0.3, 0.4) is 0 Å². The molecule has 0 saturated carbocycles. The lowest BCUT2D eigenvalue weighted by atomic mass is 10.1. The lowest BCUT2D eigenvalue weighted by Crippen LogP contribution is -2.36. The predicted octanol–water partition coefficient (Wildman–Crippen LogP) is 2.03. The molecule has 62 valence electrons. The van der Waals surface area contributed by atoms with Crippen LogP contribution in [0.15, 0.2) is 16.4 Å². The zero-order chi connectivity index (χ0) is 8.59. The average molecular weight is 152 g/mol. The lowest BCUT2D eigenvalue weighted by molar-refractivity contribution is 0.378. The van der Waals surface area contributed by atoms with Gasteiger partial charge < -0.3 is 4.90 Å². The fourth-order valence-electron chi connectivity index (χ4n) is 1.26. The molecule has 1 heterocycles. The molecular formula is C9H16N2. The van der Waals surface area contributed by atoms with Crippen molar-refractivity contribution in [2.24, 2.45) is 4.99 Å². The third-order valence-electron chi connectivity index (χ3n) is 2.58. The molecule has 1 aliphatic heterocycles. The zero-order valence-corrected chi connectivity index (χ0v) is 7.97. The standard InChI is InChI=1S/C9H16N2/c1-6-8(3)11(5)9(4)7(2)10-6/h8H,1-5H3. The van der Waals surface area contributed by atoms with E-state index < -0.39 is 0 Å². The normalized spacial score (nSPS) is 25.7. The maximum atomic E-state index is 4.45. The summed E-state index contributed by atoms with van der Waals surface area (Å²) in [4.78, 5) is 6.71. The monoisotopic (exact) mass is 152 g/mol. The van der Waals surface area contributed by atoms with Gasteiger partial charge in [0.05, 0.1) is 11.7 Å². The number of nitrogens with zero attached hydrogens (tertiary/aromatic N) is 2. The smallest absolute Gasteiger partial charge is 0.0638 e. The quantitative estimate of drug-likeness (QED) is 0.518. The van der Waals surface area contributed by atoms with Gasteiger partial charge in [-0.15, -0.1) is 0 Å². The maximum Gasteiger partial charge on any atom is 0.0638 e. The van der Waals surface area contributed by atoms with Crippen LogP contribution in [0.1, 0.15) is 27.7 Å². The Morgan fingerprint density at radius 3 is 2.36 bits per heavy atom. The van der Waals surface area contributed by atoms with E-state index in [9.17, 15) is 0 Å². The third kappa shape index (κ3) is 1.30. The molecule has 1 atom stereocenters. The van der Waals surface area contributed by atoms with Crippen LogP contribution in [0.25, 0.3) is 0 Å². The summed E-state index contributed by atoms with van der Waals surface area (Å²) < 4.78 is 0. The van der Waals surface area contributed by atoms with Gasteiger partial charge in [0.25, 0.3) is 0 Å². The van der Waals surface area contributed by atoms with Crippen LogP contribution in [0.5, 0.6) is 0 Å². The van der Waals surface area contributed by atoms with Gasteiger partial charge in [-0.1, -0.05) is 0 Å². The van der Waals surface area contributed by atoms with Gasteiger partial charge in [-0.2, -0.15) is 0 Å². The average Bonchev–Trinajstić information content (AvgIpc) is 1.97. The summed E-state index contributed by atoms with van der Waals surface area (Å²) in [5, 5.41) is 0. The van der Waals surface area contributed by atoms with Gasteiger partial charge in [0, 0.05) is 18.5 Å². The molecule has 0 aromatic heterocycles. The van der Waals surface area contributed by atoms with E-state index in [1.807, 2.05) is 0 Å². The molecule has 0 bridgehead atoms. The van der Waals surface area contributed by atoms with Crippen molar-refractivity contribution in [2.45, 2.75) is 33.7 Å². The van der Waals surface area contributed by atoms with Crippen LogP contribution in [-0.2, 0) is 0 Å². The number of aliphatic imine (C=N–C) groups is 1. The second-order valence-corrected chi connectivity index (χ2v) is 3.21. The van der Waals surface area contributed by atoms with Crippen LogP contribution in [-0.4, -0.2) is 23.7 Å². The summed E-state index contributed by atoms with van der Waals surface area (Å²) in [6.07, 6.45) is 0. The minimum Gasteiger partial charge on any atom is -0.369 e. The molecular weight excluding hydrogens is 136 g/mol. The van der Waals surface area contributed by atoms with Crippen molar-refractivity contribution in [2.75, 3.05) is 7.05 Å². The van der Waals surface area contributed by atoms with Crippen molar-refractivity contribution in [1.82, 2.24) is 4.90 Å². The number of rotatable bonds is 0. The van der Waals surface area contributed by atoms with E-state index in [1.54, 1.807) is 0 Å². The third-order valence-corrected chi connectivity index (χ3v) is 2.58. The minimum atomic E-state index is 0.457. The lowest BCUT2D eigenvalue weighted by Gasteiger charge is -2.32. The molecule has 1 unspecified atom stereocenters. The molecule has 0 amide bonds. The summed E-state index contributed by atoms with van der Waals surface area (Å²) in [5.74, 6) is 0. The van der Waals surface area contributed by atoms with E-state index in [2.05, 4.69) is 44.6 Å². The van der Waals surface area contributed by atoms with Gasteiger partial charge >= 0.3 is 0 Å². The fourth-order valence-corrected chi connectivity index (χ4v) is 1.26. The number of hydrogen-bond donors (Lipinski definition) is 0. The molecule has 2 heteroatoms. The van der Waals surface area contributed by atoms with Crippen molar-refractivity contribution >= 4 is 5.71 Å². The van der Waals surface area contributed by atoms with Crippen molar-refractivity contribution in [1.29, 1.82) is 0 Å². The van der Waals surface area contributed by atoms with E-state index in [4.69, 9.17) is 0 Å². The Labute approximate surface area is 68.6 Å². The van der Waals surface area contributed by atoms with Gasteiger partial charge in [0.1, 0.15) is 0 Å². The van der Waals surface area contributed by atoms with Crippen molar-refractivity contribution in [3.05, 3.63) is 11.4 Å². The Morgan fingerprint density at radius 1 is 1.27 bits per heavy atom. The maximum absolute atomic E-state index is 4.45. The molecule has 0 fully saturated rings. The molecule has 0 spiro atoms. The molecule has 0 N–H and O–H groups in total. The molecule has 11 heavy (non-hydrogen) atoms. The van der Waals surface area contributed by atoms with Crippen LogP contribution in [0, 0.1) is 0 Å². The van der Waals surface area contributed by atoms with Gasteiger partial charge in [0.2, 0.25) is 0 Å². The summed E-state index contributed by atoms with van der Waals surface area (Å²) in [5.41, 5.74) is 3.63. The largest absolute Gasteiger partial charge is 0.369 e. The van der Waals surface area contributed by atoms with Crippen LogP contribution in [0.4, 0.5) is 0 Å². The van der Waals surface area contributed by atoms with E-state index >= 15 is 0 Å². The summed E-state index contributed by atoms with van der Waals surface area (Å²) >= 11 is 0. The first-order valence-corrected chi connectivity index (χ1v) is 3.99. The Bertz CT molecular complexity index is 226. The summed E-state index contributed by atoms with van der Waals surface area (Å²) in [7, 11) is 2.11. The predicted molar refractivity (Wildman–Crippen MR) is 48.7 cm³/mol. The van der Waals surface area contributed by atoms with E-state index in [0.29, 0.717) is 6.04 Å². The minimum absolute atomic E-state index is 0.457. The first-order chi connectivity index (χ1) is 5.04. The van der Waals surface area contributed by atoms with Crippen molar-refractivity contribution in [3.63, 3.8) is 0 Å². The molecule has 1 aliphatic rings. The van der Waals surface area contributed by atoms with Crippen LogP contribution < -0.4 is 0 Å². The highest BCUT2D eigenvalue weighted by Crippen LogP contribution is 2.18. The van der Waals surface area contributed by atoms with Crippen LogP contribution in [0.2, 0.25) is 0 Å². The SMILES string of the molecule is CC1=NC(C)=C(C)N(C)C1C. The molecule has 2 nitrogen and oxygen atoms in total. The number of allylic oxidation sites excluding steroid dienone is 2. The van der Waals surface area contributed by atoms with Gasteiger partial charge in [-0.25, -0.2) is 0 Å². The molecule has 0 aliphatic carbocycles. The first-order valence-electron chi connectivity index (χ1n) is 3.99. The summed E-state index contributed by atoms with van der Waals surface area (Å²) in [6.45, 7) is 8.43. The number of hydrogen-bond acceptors (Lipinski definition) is 2. The van der Waals surface area contributed by atoms with Crippen molar-refractivity contribution < 1.29 is 0 Å². The molecule has 1 rings (SSSR count). The Kier molecular flexibility index (Phi) is 2.03. The van der Waals surface area contributed by atoms with E-state index in [0.717, 1.165) is 5.70 Å². The van der Waals surface area contributed by atoms with Crippen molar-refractivity contribution in [3.8, 4) is 0 Å². The van der Waals surface area contributed by atoms with E-state index in [1.165, 1.54) is 11.4 Å². The molecule has 0 saturated heterocycles. The fraction of sp³-hybridized carbons (Fsp3) is 0.667. The van der Waals surface area contributed by atoms with Gasteiger partial charge in [0.15, 0.2) is 0 Å². The molecule has 0 aromatic carbocycles. The first kappa shape index (κ1) is 8.31. The highest BCUT2D eigenvalue weighted by atomic mass is 15.2. The zero-order valence-electron chi connectivity index (χ0n) is 7.97. The molecule has 0 aromatic rings. The summed E-state index contributed by atoms with van der Waals surface area (Å²) in [6, 6.07) is 0.457. The van der Waals surface area contributed by atoms with Gasteiger partial charge in [-0.05, 0) is 27.7 Å². The van der Waals surface area contributed by atoms with E-state index in [-0.39, 0.29) is 0 Å². The second-order valence-electron chi connectivity index (χ2n) is 3.21. The van der Waals surface area contributed by atoms with Gasteiger partial charge in [-0.3, -0.25) is 4.99 Å².